The monoisotopic (exact) mass is 402 g/mol. The van der Waals surface area contributed by atoms with E-state index in [4.69, 9.17) is 4.74 Å². The van der Waals surface area contributed by atoms with Gasteiger partial charge in [-0.3, -0.25) is 4.79 Å². The lowest BCUT2D eigenvalue weighted by atomic mass is 10.0. The molecule has 0 fully saturated rings. The smallest absolute Gasteiger partial charge is 0.333 e. The highest BCUT2D eigenvalue weighted by Gasteiger charge is 2.32. The zero-order valence-corrected chi connectivity index (χ0v) is 17.3. The van der Waals surface area contributed by atoms with Gasteiger partial charge in [-0.1, -0.05) is 19.1 Å². The maximum Gasteiger partial charge on any atom is 0.333 e. The Bertz CT molecular complexity index is 1070. The fourth-order valence-electron chi connectivity index (χ4n) is 2.93. The SMILES string of the molecule is CCc1n[nH]c(=O)c(-c2nc(-c3cn(C(C)(C)C(=O)OC)nn3)cs2)c1CC. The molecule has 0 amide bonds. The number of aromatic nitrogens is 6. The van der Waals surface area contributed by atoms with Gasteiger partial charge in [-0.25, -0.2) is 19.6 Å². The molecule has 10 heteroatoms. The van der Waals surface area contributed by atoms with Crippen molar-refractivity contribution in [3.05, 3.63) is 33.2 Å². The van der Waals surface area contributed by atoms with Gasteiger partial charge in [0.1, 0.15) is 16.4 Å². The van der Waals surface area contributed by atoms with E-state index in [0.717, 1.165) is 17.7 Å². The minimum atomic E-state index is -0.994. The van der Waals surface area contributed by atoms with Crippen LogP contribution in [0, 0.1) is 0 Å². The number of H-pyrrole nitrogens is 1. The van der Waals surface area contributed by atoms with E-state index in [1.165, 1.54) is 23.1 Å². The van der Waals surface area contributed by atoms with Gasteiger partial charge in [0.2, 0.25) is 0 Å². The van der Waals surface area contributed by atoms with Crippen molar-refractivity contribution in [2.75, 3.05) is 7.11 Å². The standard InChI is InChI=1S/C18H22N6O3S/c1-6-10-11(7-2)20-22-15(25)14(10)16-19-13(9-28-16)12-8-24(23-21-12)18(3,4)17(26)27-5/h8-9H,6-7H2,1-5H3,(H,22,25). The minimum absolute atomic E-state index is 0.259. The van der Waals surface area contributed by atoms with Crippen LogP contribution >= 0.6 is 11.3 Å². The van der Waals surface area contributed by atoms with E-state index in [1.54, 1.807) is 20.0 Å². The van der Waals surface area contributed by atoms with Crippen molar-refractivity contribution in [2.24, 2.45) is 0 Å². The average Bonchev–Trinajstić information content (AvgIpc) is 3.36. The number of ether oxygens (including phenoxy) is 1. The Balaban J connectivity index is 2.01. The number of rotatable bonds is 6. The van der Waals surface area contributed by atoms with Crippen molar-refractivity contribution in [3.63, 3.8) is 0 Å². The summed E-state index contributed by atoms with van der Waals surface area (Å²) in [5.74, 6) is -0.425. The molecule has 0 saturated heterocycles. The Hall–Kier alpha value is -2.88. The van der Waals surface area contributed by atoms with Crippen LogP contribution in [0.3, 0.4) is 0 Å². The van der Waals surface area contributed by atoms with Gasteiger partial charge in [0.05, 0.1) is 24.6 Å². The number of aromatic amines is 1. The second-order valence-corrected chi connectivity index (χ2v) is 7.56. The largest absolute Gasteiger partial charge is 0.467 e. The van der Waals surface area contributed by atoms with Crippen LogP contribution in [0.2, 0.25) is 0 Å². The fraction of sp³-hybridized carbons (Fsp3) is 0.444. The van der Waals surface area contributed by atoms with Gasteiger partial charge in [0, 0.05) is 5.38 Å². The minimum Gasteiger partial charge on any atom is -0.467 e. The molecular weight excluding hydrogens is 380 g/mol. The molecule has 28 heavy (non-hydrogen) atoms. The Kier molecular flexibility index (Phi) is 5.41. The van der Waals surface area contributed by atoms with Crippen LogP contribution < -0.4 is 5.56 Å². The molecule has 3 aromatic rings. The summed E-state index contributed by atoms with van der Waals surface area (Å²) in [6.07, 6.45) is 3.06. The van der Waals surface area contributed by atoms with Gasteiger partial charge in [0.15, 0.2) is 5.54 Å². The number of hydrogen-bond donors (Lipinski definition) is 1. The zero-order valence-electron chi connectivity index (χ0n) is 16.4. The van der Waals surface area contributed by atoms with Crippen molar-refractivity contribution in [1.29, 1.82) is 0 Å². The highest BCUT2D eigenvalue weighted by atomic mass is 32.1. The summed E-state index contributed by atoms with van der Waals surface area (Å²) in [6, 6.07) is 0. The highest BCUT2D eigenvalue weighted by molar-refractivity contribution is 7.13. The third-order valence-electron chi connectivity index (χ3n) is 4.59. The highest BCUT2D eigenvalue weighted by Crippen LogP contribution is 2.30. The number of nitrogens with one attached hydrogen (secondary N) is 1. The van der Waals surface area contributed by atoms with E-state index in [1.807, 2.05) is 19.2 Å². The summed E-state index contributed by atoms with van der Waals surface area (Å²) in [7, 11) is 1.33. The van der Waals surface area contributed by atoms with Crippen LogP contribution in [0.5, 0.6) is 0 Å². The first-order valence-corrected chi connectivity index (χ1v) is 9.79. The van der Waals surface area contributed by atoms with Crippen LogP contribution in [0.25, 0.3) is 22.0 Å². The number of carbonyl (C=O) groups is 1. The van der Waals surface area contributed by atoms with Crippen molar-refractivity contribution in [1.82, 2.24) is 30.2 Å². The maximum atomic E-state index is 12.4. The predicted octanol–water partition coefficient (Wildman–Crippen LogP) is 2.18. The summed E-state index contributed by atoms with van der Waals surface area (Å²) < 4.78 is 6.27. The van der Waals surface area contributed by atoms with E-state index in [9.17, 15) is 9.59 Å². The van der Waals surface area contributed by atoms with Gasteiger partial charge < -0.3 is 4.74 Å². The van der Waals surface area contributed by atoms with E-state index < -0.39 is 11.5 Å². The molecule has 0 aromatic carbocycles. The fourth-order valence-corrected chi connectivity index (χ4v) is 3.81. The predicted molar refractivity (Wildman–Crippen MR) is 105 cm³/mol. The van der Waals surface area contributed by atoms with E-state index in [0.29, 0.717) is 28.4 Å². The van der Waals surface area contributed by atoms with Gasteiger partial charge in [-0.2, -0.15) is 5.10 Å². The molecular formula is C18H22N6O3S. The van der Waals surface area contributed by atoms with Crippen LogP contribution in [0.4, 0.5) is 0 Å². The van der Waals surface area contributed by atoms with Crippen molar-refractivity contribution in [3.8, 4) is 22.0 Å². The first-order valence-electron chi connectivity index (χ1n) is 8.91. The molecule has 0 saturated carbocycles. The first-order chi connectivity index (χ1) is 13.3. The molecule has 1 N–H and O–H groups in total. The van der Waals surface area contributed by atoms with Crippen LogP contribution in [0.15, 0.2) is 16.4 Å². The maximum absolute atomic E-state index is 12.4. The summed E-state index contributed by atoms with van der Waals surface area (Å²) in [6.45, 7) is 7.38. The van der Waals surface area contributed by atoms with Crippen LogP contribution in [-0.4, -0.2) is 43.3 Å². The molecule has 0 aliphatic heterocycles. The van der Waals surface area contributed by atoms with Gasteiger partial charge >= 0.3 is 5.97 Å². The quantitative estimate of drug-likeness (QED) is 0.628. The third-order valence-corrected chi connectivity index (χ3v) is 5.45. The normalized spacial score (nSPS) is 11.6. The Morgan fingerprint density at radius 1 is 1.29 bits per heavy atom. The van der Waals surface area contributed by atoms with Crippen molar-refractivity contribution >= 4 is 17.3 Å². The van der Waals surface area contributed by atoms with Crippen molar-refractivity contribution < 1.29 is 9.53 Å². The number of methoxy groups -OCH3 is 1. The number of thiazole rings is 1. The Labute approximate surface area is 165 Å². The molecule has 0 radical (unpaired) electrons. The van der Waals surface area contributed by atoms with Crippen LogP contribution in [-0.2, 0) is 27.9 Å². The lowest BCUT2D eigenvalue weighted by Gasteiger charge is -2.20. The lowest BCUT2D eigenvalue weighted by Crippen LogP contribution is -2.37. The number of aryl methyl sites for hydroxylation is 1. The van der Waals surface area contributed by atoms with Gasteiger partial charge in [-0.15, -0.1) is 16.4 Å². The first kappa shape index (κ1) is 19.9. The molecule has 0 aliphatic carbocycles. The van der Waals surface area contributed by atoms with E-state index >= 15 is 0 Å². The molecule has 3 heterocycles. The van der Waals surface area contributed by atoms with Gasteiger partial charge in [0.25, 0.3) is 5.56 Å². The second-order valence-electron chi connectivity index (χ2n) is 6.70. The summed E-state index contributed by atoms with van der Waals surface area (Å²) in [4.78, 5) is 29.0. The summed E-state index contributed by atoms with van der Waals surface area (Å²) in [5.41, 5.74) is 2.16. The van der Waals surface area contributed by atoms with Crippen molar-refractivity contribution in [2.45, 2.75) is 46.1 Å². The molecule has 9 nitrogen and oxygen atoms in total. The zero-order chi connectivity index (χ0) is 20.5. The molecule has 0 aliphatic rings. The van der Waals surface area contributed by atoms with Crippen LogP contribution in [0.1, 0.15) is 39.0 Å². The van der Waals surface area contributed by atoms with Gasteiger partial charge in [-0.05, 0) is 32.3 Å². The summed E-state index contributed by atoms with van der Waals surface area (Å²) in [5, 5.41) is 17.3. The molecule has 3 rings (SSSR count). The van der Waals surface area contributed by atoms with E-state index in [2.05, 4.69) is 25.5 Å². The molecule has 3 aromatic heterocycles. The molecule has 148 valence electrons. The molecule has 0 spiro atoms. The number of esters is 1. The Morgan fingerprint density at radius 3 is 2.68 bits per heavy atom. The average molecular weight is 402 g/mol. The summed E-state index contributed by atoms with van der Waals surface area (Å²) >= 11 is 1.36. The number of carbonyl (C=O) groups excluding carboxylic acids is 1. The van der Waals surface area contributed by atoms with E-state index in [-0.39, 0.29) is 5.56 Å². The topological polar surface area (TPSA) is 116 Å². The number of hydrogen-bond acceptors (Lipinski definition) is 8. The molecule has 0 unspecified atom stereocenters. The second kappa shape index (κ2) is 7.63. The third kappa shape index (κ3) is 3.35. The molecule has 0 bridgehead atoms. The Morgan fingerprint density at radius 2 is 2.04 bits per heavy atom. The lowest BCUT2D eigenvalue weighted by molar-refractivity contribution is -0.150. The molecule has 0 atom stereocenters. The number of nitrogens with zero attached hydrogens (tertiary/aromatic N) is 5.